The molecule has 0 spiro atoms. The van der Waals surface area contributed by atoms with Crippen LogP contribution in [-0.2, 0) is 4.74 Å². The van der Waals surface area contributed by atoms with Crippen molar-refractivity contribution in [1.82, 2.24) is 5.32 Å². The minimum atomic E-state index is -0.0846. The van der Waals surface area contributed by atoms with E-state index in [1.54, 1.807) is 24.3 Å². The van der Waals surface area contributed by atoms with Crippen molar-refractivity contribution in [3.63, 3.8) is 0 Å². The zero-order valence-corrected chi connectivity index (χ0v) is 21.2. The summed E-state index contributed by atoms with van der Waals surface area (Å²) in [5.74, 6) is 1.26. The number of hydrogen-bond donors (Lipinski definition) is 1. The number of Topliss-reactive ketones (excluding diaryl/α,β-unsaturated/α-hetero) is 1. The van der Waals surface area contributed by atoms with Gasteiger partial charge in [0.05, 0.1) is 11.1 Å². The van der Waals surface area contributed by atoms with E-state index in [0.717, 1.165) is 31.2 Å². The molecular weight excluding hydrogens is 448 g/mol. The summed E-state index contributed by atoms with van der Waals surface area (Å²) in [6.07, 6.45) is 4.19. The second kappa shape index (κ2) is 9.70. The van der Waals surface area contributed by atoms with Gasteiger partial charge >= 0.3 is 0 Å². The van der Waals surface area contributed by atoms with Crippen LogP contribution in [0.5, 0.6) is 11.5 Å². The molecule has 2 aliphatic heterocycles. The maximum absolute atomic E-state index is 13.1. The third-order valence-electron chi connectivity index (χ3n) is 6.67. The van der Waals surface area contributed by atoms with Crippen molar-refractivity contribution in [1.29, 1.82) is 5.26 Å². The van der Waals surface area contributed by atoms with E-state index in [1.807, 2.05) is 12.1 Å². The lowest BCUT2D eigenvalue weighted by molar-refractivity contribution is 0.0864. The van der Waals surface area contributed by atoms with Crippen LogP contribution in [0.2, 0.25) is 5.02 Å². The maximum atomic E-state index is 13.1. The minimum absolute atomic E-state index is 0.00143. The van der Waals surface area contributed by atoms with Crippen molar-refractivity contribution in [3.05, 3.63) is 58.1 Å². The Morgan fingerprint density at radius 1 is 1.18 bits per heavy atom. The molecule has 2 aromatic rings. The largest absolute Gasteiger partial charge is 0.454 e. The van der Waals surface area contributed by atoms with Gasteiger partial charge < -0.3 is 14.8 Å². The Bertz CT molecular complexity index is 1100. The number of nitriles is 1. The van der Waals surface area contributed by atoms with Gasteiger partial charge in [0.2, 0.25) is 0 Å². The molecule has 0 amide bonds. The molecule has 1 atom stereocenters. The van der Waals surface area contributed by atoms with Gasteiger partial charge in [0.15, 0.2) is 5.78 Å². The fraction of sp³-hybridized carbons (Fsp3) is 0.500. The smallest absolute Gasteiger partial charge is 0.163 e. The molecule has 2 aromatic carbocycles. The van der Waals surface area contributed by atoms with Gasteiger partial charge in [0, 0.05) is 35.2 Å². The van der Waals surface area contributed by atoms with Gasteiger partial charge in [-0.15, -0.1) is 0 Å². The van der Waals surface area contributed by atoms with Crippen molar-refractivity contribution in [3.8, 4) is 17.6 Å². The zero-order valence-electron chi connectivity index (χ0n) is 20.4. The minimum Gasteiger partial charge on any atom is -0.454 e. The van der Waals surface area contributed by atoms with Crippen LogP contribution in [-0.4, -0.2) is 23.5 Å². The summed E-state index contributed by atoms with van der Waals surface area (Å²) >= 11 is 6.52. The SMILES string of the molecule is CC1(C)CC(CC(=O)c2ccc(Oc3cccc(C4CCCO4)c3C#N)c(Cl)c2)CC(C)(C)N1. The van der Waals surface area contributed by atoms with Crippen molar-refractivity contribution in [2.45, 2.75) is 77.0 Å². The first-order valence-corrected chi connectivity index (χ1v) is 12.4. The van der Waals surface area contributed by atoms with E-state index in [2.05, 4.69) is 39.1 Å². The number of nitrogens with zero attached hydrogens (tertiary/aromatic N) is 1. The summed E-state index contributed by atoms with van der Waals surface area (Å²) in [5.41, 5.74) is 1.88. The van der Waals surface area contributed by atoms with E-state index in [0.29, 0.717) is 46.6 Å². The van der Waals surface area contributed by atoms with Crippen LogP contribution in [0.3, 0.4) is 0 Å². The fourth-order valence-electron chi connectivity index (χ4n) is 5.78. The van der Waals surface area contributed by atoms with Crippen molar-refractivity contribution >= 4 is 17.4 Å². The van der Waals surface area contributed by atoms with E-state index in [4.69, 9.17) is 21.1 Å². The quantitative estimate of drug-likeness (QED) is 0.451. The molecule has 2 heterocycles. The van der Waals surface area contributed by atoms with E-state index < -0.39 is 0 Å². The Hall–Kier alpha value is -2.39. The number of carbonyl (C=O) groups excluding carboxylic acids is 1. The summed E-state index contributed by atoms with van der Waals surface area (Å²) < 4.78 is 11.8. The highest BCUT2D eigenvalue weighted by Gasteiger charge is 2.38. The summed E-state index contributed by atoms with van der Waals surface area (Å²) in [6.45, 7) is 9.47. The van der Waals surface area contributed by atoms with Crippen molar-refractivity contribution in [2.24, 2.45) is 5.92 Å². The number of rotatable bonds is 6. The van der Waals surface area contributed by atoms with Gasteiger partial charge in [0.1, 0.15) is 23.1 Å². The third-order valence-corrected chi connectivity index (χ3v) is 6.96. The predicted octanol–water partition coefficient (Wildman–Crippen LogP) is 6.99. The number of benzene rings is 2. The van der Waals surface area contributed by atoms with Gasteiger partial charge in [0.25, 0.3) is 0 Å². The highest BCUT2D eigenvalue weighted by Crippen LogP contribution is 2.39. The van der Waals surface area contributed by atoms with Gasteiger partial charge in [-0.05, 0) is 83.6 Å². The van der Waals surface area contributed by atoms with Crippen LogP contribution in [0.1, 0.15) is 87.4 Å². The number of ketones is 1. The molecule has 6 heteroatoms. The van der Waals surface area contributed by atoms with Crippen LogP contribution < -0.4 is 10.1 Å². The third kappa shape index (κ3) is 5.63. The average Bonchev–Trinajstić information content (AvgIpc) is 3.27. The van der Waals surface area contributed by atoms with E-state index in [9.17, 15) is 10.1 Å². The monoisotopic (exact) mass is 480 g/mol. The van der Waals surface area contributed by atoms with Crippen molar-refractivity contribution in [2.75, 3.05) is 6.61 Å². The molecule has 0 saturated carbocycles. The molecule has 1 unspecified atom stereocenters. The summed E-state index contributed by atoms with van der Waals surface area (Å²) in [7, 11) is 0. The predicted molar refractivity (Wildman–Crippen MR) is 134 cm³/mol. The topological polar surface area (TPSA) is 71.3 Å². The molecular formula is C28H33ClN2O3. The Morgan fingerprint density at radius 3 is 2.53 bits per heavy atom. The standard InChI is InChI=1S/C28H33ClN2O3/c1-27(2)15-18(16-28(3,4)31-27)13-23(32)19-10-11-26(22(29)14-19)34-25-8-5-7-20(21(25)17-30)24-9-6-12-33-24/h5,7-8,10-11,14,18,24,31H,6,9,12-13,15-16H2,1-4H3. The van der Waals surface area contributed by atoms with Crippen LogP contribution in [0.25, 0.3) is 0 Å². The van der Waals surface area contributed by atoms with E-state index in [1.165, 1.54) is 0 Å². The Kier molecular flexibility index (Phi) is 7.05. The molecule has 2 fully saturated rings. The molecule has 4 rings (SSSR count). The molecule has 5 nitrogen and oxygen atoms in total. The second-order valence-corrected chi connectivity index (χ2v) is 11.3. The molecule has 2 aliphatic rings. The Labute approximate surface area is 207 Å². The zero-order chi connectivity index (χ0) is 24.5. The molecule has 0 radical (unpaired) electrons. The number of nitrogens with one attached hydrogen (secondary N) is 1. The molecule has 34 heavy (non-hydrogen) atoms. The summed E-state index contributed by atoms with van der Waals surface area (Å²) in [4.78, 5) is 13.1. The first-order chi connectivity index (χ1) is 16.1. The molecule has 2 saturated heterocycles. The average molecular weight is 481 g/mol. The number of piperidine rings is 1. The Morgan fingerprint density at radius 2 is 1.91 bits per heavy atom. The fourth-order valence-corrected chi connectivity index (χ4v) is 6.00. The van der Waals surface area contributed by atoms with Crippen LogP contribution in [0.4, 0.5) is 0 Å². The first-order valence-electron chi connectivity index (χ1n) is 12.0. The van der Waals surface area contributed by atoms with Gasteiger partial charge in [-0.1, -0.05) is 23.7 Å². The molecule has 180 valence electrons. The second-order valence-electron chi connectivity index (χ2n) is 10.9. The number of ether oxygens (including phenoxy) is 2. The first kappa shape index (κ1) is 24.7. The lowest BCUT2D eigenvalue weighted by Gasteiger charge is -2.46. The van der Waals surface area contributed by atoms with E-state index >= 15 is 0 Å². The highest BCUT2D eigenvalue weighted by atomic mass is 35.5. The molecule has 0 aromatic heterocycles. The normalized spacial score (nSPS) is 21.7. The lowest BCUT2D eigenvalue weighted by Crippen LogP contribution is -2.57. The highest BCUT2D eigenvalue weighted by molar-refractivity contribution is 6.32. The molecule has 0 aliphatic carbocycles. The Balaban J connectivity index is 1.49. The van der Waals surface area contributed by atoms with Crippen LogP contribution >= 0.6 is 11.6 Å². The van der Waals surface area contributed by atoms with Crippen molar-refractivity contribution < 1.29 is 14.3 Å². The number of hydrogen-bond acceptors (Lipinski definition) is 5. The van der Waals surface area contributed by atoms with E-state index in [-0.39, 0.29) is 23.0 Å². The summed E-state index contributed by atoms with van der Waals surface area (Å²) in [5, 5.41) is 13.8. The van der Waals surface area contributed by atoms with Crippen LogP contribution in [0, 0.1) is 17.2 Å². The van der Waals surface area contributed by atoms with Crippen LogP contribution in [0.15, 0.2) is 36.4 Å². The lowest BCUT2D eigenvalue weighted by atomic mass is 9.74. The van der Waals surface area contributed by atoms with Gasteiger partial charge in [-0.3, -0.25) is 4.79 Å². The van der Waals surface area contributed by atoms with Gasteiger partial charge in [-0.25, -0.2) is 0 Å². The van der Waals surface area contributed by atoms with Gasteiger partial charge in [-0.2, -0.15) is 5.26 Å². The molecule has 1 N–H and O–H groups in total. The maximum Gasteiger partial charge on any atom is 0.163 e. The summed E-state index contributed by atoms with van der Waals surface area (Å²) in [6, 6.07) is 12.9. The number of halogens is 1. The number of carbonyl (C=O) groups is 1. The molecule has 0 bridgehead atoms.